The molecule has 2 heterocycles. The zero-order chi connectivity index (χ0) is 25.7. The molecule has 0 fully saturated rings. The number of H-pyrrole nitrogens is 1. The standard InChI is InChI=1S/C28H29ClN4O3/c1-28(2,3)36-27(35)33-16-21-7-5-4-6-20(21)10-19-11-22(15-30-13-19)26(34)32-14-18-8-9-25-23(12-18)24(29)17-31-25/h4-9,11-13,15,17,31H,10,14,16H2,1-3H3,(H,32,34)(H,33,35). The van der Waals surface area contributed by atoms with Gasteiger partial charge in [0, 0.05) is 42.6 Å². The quantitative estimate of drug-likeness (QED) is 0.298. The molecule has 0 aliphatic carbocycles. The molecule has 2 aromatic carbocycles. The predicted octanol–water partition coefficient (Wildman–Crippen LogP) is 5.76. The van der Waals surface area contributed by atoms with Crippen molar-refractivity contribution in [2.75, 3.05) is 0 Å². The third-order valence-corrected chi connectivity index (χ3v) is 5.85. The summed E-state index contributed by atoms with van der Waals surface area (Å²) in [6.07, 6.45) is 5.16. The molecule has 0 spiro atoms. The summed E-state index contributed by atoms with van der Waals surface area (Å²) >= 11 is 6.20. The van der Waals surface area contributed by atoms with E-state index in [1.165, 1.54) is 0 Å². The highest BCUT2D eigenvalue weighted by Gasteiger charge is 2.16. The maximum Gasteiger partial charge on any atom is 0.407 e. The largest absolute Gasteiger partial charge is 0.444 e. The van der Waals surface area contributed by atoms with Gasteiger partial charge in [-0.15, -0.1) is 0 Å². The van der Waals surface area contributed by atoms with E-state index in [9.17, 15) is 9.59 Å². The fourth-order valence-electron chi connectivity index (χ4n) is 3.84. The minimum absolute atomic E-state index is 0.204. The van der Waals surface area contributed by atoms with Crippen molar-refractivity contribution in [2.45, 2.75) is 45.9 Å². The Morgan fingerprint density at radius 3 is 2.53 bits per heavy atom. The van der Waals surface area contributed by atoms with E-state index in [0.29, 0.717) is 30.1 Å². The number of nitrogens with zero attached hydrogens (tertiary/aromatic N) is 1. The van der Waals surface area contributed by atoms with Crippen molar-refractivity contribution in [2.24, 2.45) is 0 Å². The number of fused-ring (bicyclic) bond motifs is 1. The summed E-state index contributed by atoms with van der Waals surface area (Å²) in [6.45, 7) is 6.19. The van der Waals surface area contributed by atoms with Crippen molar-refractivity contribution in [1.82, 2.24) is 20.6 Å². The summed E-state index contributed by atoms with van der Waals surface area (Å²) in [7, 11) is 0. The Morgan fingerprint density at radius 2 is 1.75 bits per heavy atom. The number of aromatic nitrogens is 2. The Morgan fingerprint density at radius 1 is 0.972 bits per heavy atom. The first-order chi connectivity index (χ1) is 17.2. The average molecular weight is 505 g/mol. The number of ether oxygens (including phenoxy) is 1. The Bertz CT molecular complexity index is 1390. The van der Waals surface area contributed by atoms with E-state index in [1.807, 2.05) is 69.3 Å². The van der Waals surface area contributed by atoms with Crippen molar-refractivity contribution in [3.05, 3.63) is 100.0 Å². The highest BCUT2D eigenvalue weighted by molar-refractivity contribution is 6.35. The summed E-state index contributed by atoms with van der Waals surface area (Å²) in [6, 6.07) is 15.5. The number of benzene rings is 2. The van der Waals surface area contributed by atoms with Crippen molar-refractivity contribution in [1.29, 1.82) is 0 Å². The number of hydrogen-bond acceptors (Lipinski definition) is 4. The second kappa shape index (κ2) is 10.8. The van der Waals surface area contributed by atoms with Gasteiger partial charge in [-0.2, -0.15) is 0 Å². The van der Waals surface area contributed by atoms with E-state index >= 15 is 0 Å². The first kappa shape index (κ1) is 25.3. The zero-order valence-corrected chi connectivity index (χ0v) is 21.3. The van der Waals surface area contributed by atoms with Crippen LogP contribution in [0, 0.1) is 0 Å². The van der Waals surface area contributed by atoms with Gasteiger partial charge in [-0.05, 0) is 67.6 Å². The van der Waals surface area contributed by atoms with Crippen molar-refractivity contribution < 1.29 is 14.3 Å². The fourth-order valence-corrected chi connectivity index (χ4v) is 4.05. The maximum atomic E-state index is 12.8. The zero-order valence-electron chi connectivity index (χ0n) is 20.5. The number of halogens is 1. The van der Waals surface area contributed by atoms with Gasteiger partial charge >= 0.3 is 6.09 Å². The first-order valence-corrected chi connectivity index (χ1v) is 12.1. The highest BCUT2D eigenvalue weighted by Crippen LogP contribution is 2.24. The van der Waals surface area contributed by atoms with E-state index < -0.39 is 11.7 Å². The number of carbonyl (C=O) groups is 2. The van der Waals surface area contributed by atoms with E-state index in [1.54, 1.807) is 18.6 Å². The van der Waals surface area contributed by atoms with Crippen molar-refractivity contribution >= 4 is 34.5 Å². The molecule has 186 valence electrons. The van der Waals surface area contributed by atoms with Gasteiger partial charge in [-0.25, -0.2) is 4.79 Å². The van der Waals surface area contributed by atoms with Crippen molar-refractivity contribution in [3.8, 4) is 0 Å². The molecule has 0 saturated heterocycles. The van der Waals surface area contributed by atoms with Crippen LogP contribution in [0.25, 0.3) is 10.9 Å². The predicted molar refractivity (Wildman–Crippen MR) is 141 cm³/mol. The average Bonchev–Trinajstić information content (AvgIpc) is 3.21. The van der Waals surface area contributed by atoms with Crippen LogP contribution in [0.4, 0.5) is 4.79 Å². The number of pyridine rings is 1. The molecule has 0 radical (unpaired) electrons. The number of aromatic amines is 1. The van der Waals surface area contributed by atoms with Gasteiger partial charge in [0.25, 0.3) is 5.91 Å². The summed E-state index contributed by atoms with van der Waals surface area (Å²) in [4.78, 5) is 32.3. The first-order valence-electron chi connectivity index (χ1n) is 11.7. The molecule has 7 nitrogen and oxygen atoms in total. The highest BCUT2D eigenvalue weighted by atomic mass is 35.5. The lowest BCUT2D eigenvalue weighted by atomic mass is 10.00. The summed E-state index contributed by atoms with van der Waals surface area (Å²) in [5, 5.41) is 7.33. The van der Waals surface area contributed by atoms with Gasteiger partial charge in [-0.1, -0.05) is 41.9 Å². The molecule has 0 aliphatic rings. The molecule has 0 saturated carbocycles. The number of amides is 2. The molecule has 0 bridgehead atoms. The molecule has 0 unspecified atom stereocenters. The number of hydrogen-bond donors (Lipinski definition) is 3. The van der Waals surface area contributed by atoms with Crippen LogP contribution in [0.15, 0.2) is 67.1 Å². The summed E-state index contributed by atoms with van der Waals surface area (Å²) < 4.78 is 5.32. The van der Waals surface area contributed by atoms with Crippen LogP contribution < -0.4 is 10.6 Å². The number of rotatable bonds is 7. The minimum Gasteiger partial charge on any atom is -0.444 e. The lowest BCUT2D eigenvalue weighted by Crippen LogP contribution is -2.32. The van der Waals surface area contributed by atoms with Crippen LogP contribution in [0.3, 0.4) is 0 Å². The van der Waals surface area contributed by atoms with Crippen LogP contribution >= 0.6 is 11.6 Å². The van der Waals surface area contributed by atoms with E-state index in [4.69, 9.17) is 16.3 Å². The van der Waals surface area contributed by atoms with Crippen LogP contribution in [0.1, 0.15) is 53.4 Å². The molecule has 4 rings (SSSR count). The lowest BCUT2D eigenvalue weighted by molar-refractivity contribution is 0.0523. The van der Waals surface area contributed by atoms with Crippen LogP contribution in [-0.4, -0.2) is 27.6 Å². The van der Waals surface area contributed by atoms with Crippen LogP contribution in [0.2, 0.25) is 5.02 Å². The van der Waals surface area contributed by atoms with Crippen molar-refractivity contribution in [3.63, 3.8) is 0 Å². The summed E-state index contributed by atoms with van der Waals surface area (Å²) in [5.74, 6) is -0.204. The molecule has 3 N–H and O–H groups in total. The minimum atomic E-state index is -0.557. The second-order valence-electron chi connectivity index (χ2n) is 9.58. The smallest absolute Gasteiger partial charge is 0.407 e. The lowest BCUT2D eigenvalue weighted by Gasteiger charge is -2.20. The molecule has 0 atom stereocenters. The Labute approximate surface area is 215 Å². The van der Waals surface area contributed by atoms with Crippen LogP contribution in [-0.2, 0) is 24.2 Å². The van der Waals surface area contributed by atoms with Gasteiger partial charge in [0.2, 0.25) is 0 Å². The van der Waals surface area contributed by atoms with Crippen LogP contribution in [0.5, 0.6) is 0 Å². The van der Waals surface area contributed by atoms with Gasteiger partial charge < -0.3 is 20.4 Å². The van der Waals surface area contributed by atoms with Gasteiger partial charge in [0.15, 0.2) is 0 Å². The molecule has 0 aliphatic heterocycles. The molecule has 4 aromatic rings. The van der Waals surface area contributed by atoms with E-state index in [0.717, 1.165) is 33.2 Å². The topological polar surface area (TPSA) is 96.1 Å². The van der Waals surface area contributed by atoms with Gasteiger partial charge in [0.05, 0.1) is 10.6 Å². The number of carbonyl (C=O) groups excluding carboxylic acids is 2. The monoisotopic (exact) mass is 504 g/mol. The molecular weight excluding hydrogens is 476 g/mol. The third kappa shape index (κ3) is 6.64. The fraction of sp³-hybridized carbons (Fsp3) is 0.250. The van der Waals surface area contributed by atoms with E-state index in [-0.39, 0.29) is 5.91 Å². The number of nitrogens with one attached hydrogen (secondary N) is 3. The Balaban J connectivity index is 1.39. The van der Waals surface area contributed by atoms with Gasteiger partial charge in [-0.3, -0.25) is 9.78 Å². The molecule has 36 heavy (non-hydrogen) atoms. The second-order valence-corrected chi connectivity index (χ2v) is 9.99. The maximum absolute atomic E-state index is 12.8. The molecular formula is C28H29ClN4O3. The number of alkyl carbamates (subject to hydrolysis) is 1. The Kier molecular flexibility index (Phi) is 7.60. The molecule has 2 amide bonds. The van der Waals surface area contributed by atoms with Gasteiger partial charge in [0.1, 0.15) is 5.60 Å². The third-order valence-electron chi connectivity index (χ3n) is 5.54. The SMILES string of the molecule is CC(C)(C)OC(=O)NCc1ccccc1Cc1cncc(C(=O)NCc2ccc3[nH]cc(Cl)c3c2)c1. The summed E-state index contributed by atoms with van der Waals surface area (Å²) in [5.41, 5.74) is 4.73. The normalized spacial score (nSPS) is 11.3. The Hall–Kier alpha value is -3.84. The molecule has 8 heteroatoms. The van der Waals surface area contributed by atoms with E-state index in [2.05, 4.69) is 20.6 Å². The molecule has 2 aromatic heterocycles.